The Kier molecular flexibility index (Phi) is 2.67. The van der Waals surface area contributed by atoms with Crippen molar-refractivity contribution in [1.29, 1.82) is 0 Å². The number of hydrogen-bond donors (Lipinski definition) is 0. The van der Waals surface area contributed by atoms with Crippen molar-refractivity contribution in [1.82, 2.24) is 0 Å². The Bertz CT molecular complexity index is 738. The van der Waals surface area contributed by atoms with Crippen LogP contribution in [0.2, 0.25) is 0 Å². The van der Waals surface area contributed by atoms with Crippen LogP contribution in [0.1, 0.15) is 21.7 Å². The molecule has 0 saturated carbocycles. The Morgan fingerprint density at radius 1 is 1.11 bits per heavy atom. The molecule has 1 aromatic heterocycles. The van der Waals surface area contributed by atoms with Gasteiger partial charge < -0.3 is 4.42 Å². The highest BCUT2D eigenvalue weighted by molar-refractivity contribution is 6.09. The van der Waals surface area contributed by atoms with Crippen molar-refractivity contribution in [2.24, 2.45) is 0 Å². The van der Waals surface area contributed by atoms with E-state index < -0.39 is 0 Å². The van der Waals surface area contributed by atoms with Gasteiger partial charge in [-0.15, -0.1) is 0 Å². The van der Waals surface area contributed by atoms with E-state index in [0.717, 1.165) is 5.39 Å². The molecule has 2 aromatic carbocycles. The molecular formula is C16H11FO2. The van der Waals surface area contributed by atoms with Gasteiger partial charge in [0.05, 0.1) is 0 Å². The Labute approximate surface area is 109 Å². The van der Waals surface area contributed by atoms with Gasteiger partial charge in [0.15, 0.2) is 5.76 Å². The van der Waals surface area contributed by atoms with Crippen molar-refractivity contribution in [2.75, 3.05) is 0 Å². The monoisotopic (exact) mass is 254 g/mol. The van der Waals surface area contributed by atoms with Crippen LogP contribution in [0.15, 0.2) is 52.9 Å². The van der Waals surface area contributed by atoms with Crippen LogP contribution in [0.3, 0.4) is 0 Å². The number of fused-ring (bicyclic) bond motifs is 1. The largest absolute Gasteiger partial charge is 0.453 e. The molecule has 0 unspecified atom stereocenters. The zero-order chi connectivity index (χ0) is 13.4. The maximum absolute atomic E-state index is 13.5. The molecule has 0 N–H and O–H groups in total. The van der Waals surface area contributed by atoms with Gasteiger partial charge >= 0.3 is 0 Å². The molecule has 0 spiro atoms. The van der Waals surface area contributed by atoms with Gasteiger partial charge in [-0.2, -0.15) is 0 Å². The Balaban J connectivity index is 2.05. The lowest BCUT2D eigenvalue weighted by atomic mass is 10.1. The molecule has 0 radical (unpaired) electrons. The third-order valence-electron chi connectivity index (χ3n) is 3.08. The number of aryl methyl sites for hydroxylation is 1. The Morgan fingerprint density at radius 3 is 2.63 bits per heavy atom. The zero-order valence-corrected chi connectivity index (χ0v) is 10.3. The molecule has 0 fully saturated rings. The standard InChI is InChI=1S/C16H11FO2/c1-10-6-7-12(8-13(10)17)16(18)15-9-11-4-2-3-5-14(11)19-15/h2-9H,1H3. The molecule has 94 valence electrons. The molecule has 3 aromatic rings. The second-order valence-corrected chi connectivity index (χ2v) is 4.44. The van der Waals surface area contributed by atoms with E-state index in [2.05, 4.69) is 0 Å². The highest BCUT2D eigenvalue weighted by Crippen LogP contribution is 2.21. The molecule has 19 heavy (non-hydrogen) atoms. The van der Waals surface area contributed by atoms with E-state index in [1.807, 2.05) is 18.2 Å². The second-order valence-electron chi connectivity index (χ2n) is 4.44. The van der Waals surface area contributed by atoms with Gasteiger partial charge in [-0.3, -0.25) is 4.79 Å². The van der Waals surface area contributed by atoms with Crippen LogP contribution in [0.25, 0.3) is 11.0 Å². The number of hydrogen-bond acceptors (Lipinski definition) is 2. The van der Waals surface area contributed by atoms with Gasteiger partial charge in [0.25, 0.3) is 0 Å². The van der Waals surface area contributed by atoms with Crippen LogP contribution in [0.4, 0.5) is 4.39 Å². The predicted molar refractivity (Wildman–Crippen MR) is 70.8 cm³/mol. The van der Waals surface area contributed by atoms with E-state index in [4.69, 9.17) is 4.42 Å². The molecule has 0 atom stereocenters. The van der Waals surface area contributed by atoms with Gasteiger partial charge in [-0.1, -0.05) is 30.3 Å². The molecule has 2 nitrogen and oxygen atoms in total. The van der Waals surface area contributed by atoms with Gasteiger partial charge in [0.2, 0.25) is 5.78 Å². The molecule has 0 bridgehead atoms. The quantitative estimate of drug-likeness (QED) is 0.644. The molecular weight excluding hydrogens is 243 g/mol. The van der Waals surface area contributed by atoms with Gasteiger partial charge in [0, 0.05) is 10.9 Å². The summed E-state index contributed by atoms with van der Waals surface area (Å²) in [5.74, 6) is -0.471. The van der Waals surface area contributed by atoms with E-state index in [1.54, 1.807) is 31.2 Å². The van der Waals surface area contributed by atoms with Crippen LogP contribution in [0.5, 0.6) is 0 Å². The zero-order valence-electron chi connectivity index (χ0n) is 10.3. The molecule has 0 aliphatic heterocycles. The van der Waals surface area contributed by atoms with Crippen molar-refractivity contribution >= 4 is 16.8 Å². The van der Waals surface area contributed by atoms with Crippen LogP contribution in [-0.4, -0.2) is 5.78 Å². The third kappa shape index (κ3) is 2.03. The highest BCUT2D eigenvalue weighted by Gasteiger charge is 2.15. The van der Waals surface area contributed by atoms with Crippen molar-refractivity contribution in [3.63, 3.8) is 0 Å². The number of furan rings is 1. The van der Waals surface area contributed by atoms with Crippen molar-refractivity contribution in [3.05, 3.63) is 71.2 Å². The van der Waals surface area contributed by atoms with Crippen molar-refractivity contribution in [2.45, 2.75) is 6.92 Å². The SMILES string of the molecule is Cc1ccc(C(=O)c2cc3ccccc3o2)cc1F. The average molecular weight is 254 g/mol. The number of ketones is 1. The van der Waals surface area contributed by atoms with E-state index in [9.17, 15) is 9.18 Å². The fourth-order valence-corrected chi connectivity index (χ4v) is 1.97. The highest BCUT2D eigenvalue weighted by atomic mass is 19.1. The summed E-state index contributed by atoms with van der Waals surface area (Å²) in [7, 11) is 0. The first-order valence-electron chi connectivity index (χ1n) is 5.94. The van der Waals surface area contributed by atoms with Crippen LogP contribution in [-0.2, 0) is 0 Å². The smallest absolute Gasteiger partial charge is 0.228 e. The summed E-state index contributed by atoms with van der Waals surface area (Å²) in [6.07, 6.45) is 0. The van der Waals surface area contributed by atoms with Crippen LogP contribution in [0, 0.1) is 12.7 Å². The van der Waals surface area contributed by atoms with Gasteiger partial charge in [0.1, 0.15) is 11.4 Å². The third-order valence-corrected chi connectivity index (χ3v) is 3.08. The van der Waals surface area contributed by atoms with E-state index in [1.165, 1.54) is 6.07 Å². The fourth-order valence-electron chi connectivity index (χ4n) is 1.97. The summed E-state index contributed by atoms with van der Waals surface area (Å²) in [4.78, 5) is 12.2. The topological polar surface area (TPSA) is 30.2 Å². The van der Waals surface area contributed by atoms with Crippen LogP contribution < -0.4 is 0 Å². The van der Waals surface area contributed by atoms with Gasteiger partial charge in [-0.25, -0.2) is 4.39 Å². The summed E-state index contributed by atoms with van der Waals surface area (Å²) in [5.41, 5.74) is 1.46. The minimum absolute atomic E-state index is 0.226. The summed E-state index contributed by atoms with van der Waals surface area (Å²) < 4.78 is 19.0. The Hall–Kier alpha value is -2.42. The minimum atomic E-state index is -0.387. The normalized spacial score (nSPS) is 10.8. The van der Waals surface area contributed by atoms with E-state index in [-0.39, 0.29) is 17.4 Å². The maximum Gasteiger partial charge on any atom is 0.228 e. The minimum Gasteiger partial charge on any atom is -0.453 e. The first-order valence-corrected chi connectivity index (χ1v) is 5.94. The lowest BCUT2D eigenvalue weighted by Crippen LogP contribution is -2.00. The Morgan fingerprint density at radius 2 is 1.89 bits per heavy atom. The number of para-hydroxylation sites is 1. The molecule has 0 aliphatic rings. The summed E-state index contributed by atoms with van der Waals surface area (Å²) in [6, 6.07) is 13.5. The molecule has 3 heteroatoms. The molecule has 0 saturated heterocycles. The summed E-state index contributed by atoms with van der Waals surface area (Å²) in [5, 5.41) is 0.860. The molecule has 3 rings (SSSR count). The average Bonchev–Trinajstić information content (AvgIpc) is 2.85. The first-order chi connectivity index (χ1) is 9.15. The lowest BCUT2D eigenvalue weighted by molar-refractivity contribution is 0.101. The predicted octanol–water partition coefficient (Wildman–Crippen LogP) is 4.11. The number of rotatable bonds is 2. The maximum atomic E-state index is 13.5. The second kappa shape index (κ2) is 4.35. The number of carbonyl (C=O) groups is 1. The molecule has 0 amide bonds. The van der Waals surface area contributed by atoms with Crippen LogP contribution >= 0.6 is 0 Å². The lowest BCUT2D eigenvalue weighted by Gasteiger charge is -2.00. The number of benzene rings is 2. The van der Waals surface area contributed by atoms with Crippen molar-refractivity contribution in [3.8, 4) is 0 Å². The van der Waals surface area contributed by atoms with Gasteiger partial charge in [-0.05, 0) is 30.7 Å². The summed E-state index contributed by atoms with van der Waals surface area (Å²) >= 11 is 0. The molecule has 0 aliphatic carbocycles. The number of halogens is 1. The number of carbonyl (C=O) groups excluding carboxylic acids is 1. The summed E-state index contributed by atoms with van der Waals surface area (Å²) in [6.45, 7) is 1.66. The fraction of sp³-hybridized carbons (Fsp3) is 0.0625. The first kappa shape index (κ1) is 11.7. The van der Waals surface area contributed by atoms with E-state index >= 15 is 0 Å². The van der Waals surface area contributed by atoms with E-state index in [0.29, 0.717) is 16.7 Å². The van der Waals surface area contributed by atoms with Crippen molar-refractivity contribution < 1.29 is 13.6 Å². The molecule has 1 heterocycles.